The summed E-state index contributed by atoms with van der Waals surface area (Å²) in [7, 11) is 1.52. The van der Waals surface area contributed by atoms with Crippen molar-refractivity contribution >= 4 is 5.91 Å². The molecule has 1 aromatic rings. The van der Waals surface area contributed by atoms with E-state index in [0.717, 1.165) is 6.07 Å². The van der Waals surface area contributed by atoms with Crippen molar-refractivity contribution in [2.24, 2.45) is 11.7 Å². The van der Waals surface area contributed by atoms with Crippen molar-refractivity contribution < 1.29 is 14.3 Å². The third-order valence-corrected chi connectivity index (χ3v) is 2.33. The molecule has 88 valence electrons. The van der Waals surface area contributed by atoms with E-state index < -0.39 is 11.7 Å². The molecule has 0 aliphatic carbocycles. The average molecular weight is 226 g/mol. The van der Waals surface area contributed by atoms with Crippen LogP contribution in [0.3, 0.4) is 0 Å². The van der Waals surface area contributed by atoms with Gasteiger partial charge in [-0.2, -0.15) is 0 Å². The van der Waals surface area contributed by atoms with Crippen molar-refractivity contribution in [3.63, 3.8) is 0 Å². The molecule has 0 heterocycles. The zero-order valence-electron chi connectivity index (χ0n) is 9.03. The van der Waals surface area contributed by atoms with E-state index in [9.17, 15) is 14.3 Å². The molecule has 16 heavy (non-hydrogen) atoms. The molecule has 0 saturated carbocycles. The number of phenolic OH excluding ortho intramolecular Hbond substituents is 1. The Kier molecular flexibility index (Phi) is 4.25. The molecule has 0 aromatic heterocycles. The van der Waals surface area contributed by atoms with Gasteiger partial charge in [-0.15, -0.1) is 0 Å². The number of nitrogens with two attached hydrogens (primary N) is 1. The number of nitrogens with one attached hydrogen (secondary N) is 1. The van der Waals surface area contributed by atoms with Gasteiger partial charge in [0.05, 0.1) is 5.92 Å². The first-order chi connectivity index (χ1) is 7.56. The number of benzene rings is 1. The van der Waals surface area contributed by atoms with Gasteiger partial charge >= 0.3 is 0 Å². The Hall–Kier alpha value is -1.62. The molecule has 0 saturated heterocycles. The van der Waals surface area contributed by atoms with Crippen LogP contribution in [-0.2, 0) is 11.2 Å². The molecule has 5 heteroatoms. The number of hydrogen-bond donors (Lipinski definition) is 3. The minimum Gasteiger partial charge on any atom is -0.508 e. The summed E-state index contributed by atoms with van der Waals surface area (Å²) in [6, 6.07) is 3.72. The number of hydrogen-bond acceptors (Lipinski definition) is 3. The Balaban J connectivity index is 2.81. The fraction of sp³-hybridized carbons (Fsp3) is 0.364. The number of aromatic hydroxyl groups is 1. The Labute approximate surface area is 93.3 Å². The molecule has 0 bridgehead atoms. The molecule has 1 unspecified atom stereocenters. The predicted octanol–water partition coefficient (Wildman–Crippen LogP) is 0.395. The topological polar surface area (TPSA) is 75.4 Å². The smallest absolute Gasteiger partial charge is 0.224 e. The van der Waals surface area contributed by atoms with Crippen molar-refractivity contribution in [2.45, 2.75) is 6.42 Å². The van der Waals surface area contributed by atoms with Crippen molar-refractivity contribution in [1.82, 2.24) is 5.32 Å². The van der Waals surface area contributed by atoms with Crippen molar-refractivity contribution in [1.29, 1.82) is 0 Å². The maximum absolute atomic E-state index is 13.0. The van der Waals surface area contributed by atoms with E-state index >= 15 is 0 Å². The molecular weight excluding hydrogens is 211 g/mol. The summed E-state index contributed by atoms with van der Waals surface area (Å²) in [5, 5.41) is 11.7. The second-order valence-corrected chi connectivity index (χ2v) is 3.57. The normalized spacial score (nSPS) is 12.2. The Bertz CT molecular complexity index is 362. The van der Waals surface area contributed by atoms with E-state index in [-0.39, 0.29) is 18.2 Å². The molecule has 1 atom stereocenters. The minimum atomic E-state index is -0.525. The van der Waals surface area contributed by atoms with Gasteiger partial charge in [-0.3, -0.25) is 4.79 Å². The van der Waals surface area contributed by atoms with Gasteiger partial charge in [0, 0.05) is 19.7 Å². The zero-order valence-corrected chi connectivity index (χ0v) is 9.03. The number of phenols is 1. The second kappa shape index (κ2) is 5.46. The van der Waals surface area contributed by atoms with E-state index in [1.165, 1.54) is 19.2 Å². The fourth-order valence-corrected chi connectivity index (χ4v) is 1.52. The van der Waals surface area contributed by atoms with E-state index in [4.69, 9.17) is 5.73 Å². The number of amides is 1. The Morgan fingerprint density at radius 2 is 2.25 bits per heavy atom. The highest BCUT2D eigenvalue weighted by molar-refractivity contribution is 5.78. The zero-order chi connectivity index (χ0) is 12.1. The summed E-state index contributed by atoms with van der Waals surface area (Å²) in [6.07, 6.45) is 0.307. The van der Waals surface area contributed by atoms with Crippen LogP contribution in [0.4, 0.5) is 4.39 Å². The number of halogens is 1. The summed E-state index contributed by atoms with van der Waals surface area (Å²) >= 11 is 0. The number of carbonyl (C=O) groups excluding carboxylic acids is 1. The molecule has 0 radical (unpaired) electrons. The van der Waals surface area contributed by atoms with Crippen LogP contribution in [0.1, 0.15) is 5.56 Å². The number of rotatable bonds is 4. The third-order valence-electron chi connectivity index (χ3n) is 2.33. The van der Waals surface area contributed by atoms with Gasteiger partial charge in [-0.1, -0.05) is 0 Å². The van der Waals surface area contributed by atoms with Crippen LogP contribution in [0.15, 0.2) is 18.2 Å². The molecule has 0 fully saturated rings. The van der Waals surface area contributed by atoms with Crippen molar-refractivity contribution in [3.05, 3.63) is 29.6 Å². The van der Waals surface area contributed by atoms with Crippen LogP contribution in [-0.4, -0.2) is 24.6 Å². The number of carbonyl (C=O) groups is 1. The quantitative estimate of drug-likeness (QED) is 0.695. The van der Waals surface area contributed by atoms with Crippen molar-refractivity contribution in [3.8, 4) is 5.75 Å². The first-order valence-electron chi connectivity index (χ1n) is 4.97. The lowest BCUT2D eigenvalue weighted by atomic mass is 9.98. The maximum atomic E-state index is 13.0. The van der Waals surface area contributed by atoms with Crippen LogP contribution in [0.25, 0.3) is 0 Å². The van der Waals surface area contributed by atoms with Gasteiger partial charge in [-0.05, 0) is 24.1 Å². The first kappa shape index (κ1) is 12.4. The molecule has 4 nitrogen and oxygen atoms in total. The average Bonchev–Trinajstić information content (AvgIpc) is 2.23. The lowest BCUT2D eigenvalue weighted by Gasteiger charge is -2.13. The third kappa shape index (κ3) is 3.20. The van der Waals surface area contributed by atoms with Crippen LogP contribution in [0.2, 0.25) is 0 Å². The van der Waals surface area contributed by atoms with Gasteiger partial charge in [0.1, 0.15) is 11.6 Å². The fourth-order valence-electron chi connectivity index (χ4n) is 1.52. The molecule has 4 N–H and O–H groups in total. The first-order valence-corrected chi connectivity index (χ1v) is 4.97. The van der Waals surface area contributed by atoms with Gasteiger partial charge in [0.15, 0.2) is 0 Å². The van der Waals surface area contributed by atoms with E-state index in [2.05, 4.69) is 5.32 Å². The highest BCUT2D eigenvalue weighted by atomic mass is 19.1. The van der Waals surface area contributed by atoms with Crippen LogP contribution < -0.4 is 11.1 Å². The summed E-state index contributed by atoms with van der Waals surface area (Å²) in [4.78, 5) is 11.4. The summed E-state index contributed by atoms with van der Waals surface area (Å²) < 4.78 is 13.0. The van der Waals surface area contributed by atoms with Crippen LogP contribution >= 0.6 is 0 Å². The van der Waals surface area contributed by atoms with Crippen LogP contribution in [0, 0.1) is 11.7 Å². The summed E-state index contributed by atoms with van der Waals surface area (Å²) in [5.41, 5.74) is 6.01. The van der Waals surface area contributed by atoms with E-state index in [0.29, 0.717) is 12.0 Å². The molecule has 0 aliphatic rings. The van der Waals surface area contributed by atoms with Gasteiger partial charge in [-0.25, -0.2) is 4.39 Å². The molecule has 0 spiro atoms. The molecular formula is C11H15FN2O2. The van der Waals surface area contributed by atoms with Gasteiger partial charge in [0.25, 0.3) is 0 Å². The molecule has 1 amide bonds. The van der Waals surface area contributed by atoms with E-state index in [1.807, 2.05) is 0 Å². The molecule has 1 rings (SSSR count). The van der Waals surface area contributed by atoms with Gasteiger partial charge < -0.3 is 16.2 Å². The second-order valence-electron chi connectivity index (χ2n) is 3.57. The highest BCUT2D eigenvalue weighted by Gasteiger charge is 2.16. The minimum absolute atomic E-state index is 0.150. The lowest BCUT2D eigenvalue weighted by Crippen LogP contribution is -2.34. The SMILES string of the molecule is CNC(=O)C(CN)Cc1cc(O)cc(F)c1. The Morgan fingerprint density at radius 3 is 2.75 bits per heavy atom. The summed E-state index contributed by atoms with van der Waals surface area (Å²) in [6.45, 7) is 0.178. The van der Waals surface area contributed by atoms with Gasteiger partial charge in [0.2, 0.25) is 5.91 Å². The lowest BCUT2D eigenvalue weighted by molar-refractivity contribution is -0.124. The monoisotopic (exact) mass is 226 g/mol. The highest BCUT2D eigenvalue weighted by Crippen LogP contribution is 2.17. The molecule has 0 aliphatic heterocycles. The van der Waals surface area contributed by atoms with Crippen molar-refractivity contribution in [2.75, 3.05) is 13.6 Å². The maximum Gasteiger partial charge on any atom is 0.224 e. The predicted molar refractivity (Wildman–Crippen MR) is 58.4 cm³/mol. The molecule has 1 aromatic carbocycles. The largest absolute Gasteiger partial charge is 0.508 e. The van der Waals surface area contributed by atoms with Crippen LogP contribution in [0.5, 0.6) is 5.75 Å². The summed E-state index contributed by atoms with van der Waals surface area (Å²) in [5.74, 6) is -1.28. The Morgan fingerprint density at radius 1 is 1.56 bits per heavy atom. The standard InChI is InChI=1S/C11H15FN2O2/c1-14-11(16)8(6-13)2-7-3-9(12)5-10(15)4-7/h3-5,8,15H,2,6,13H2,1H3,(H,14,16). The van der Waals surface area contributed by atoms with E-state index in [1.54, 1.807) is 0 Å².